The highest BCUT2D eigenvalue weighted by Crippen LogP contribution is 2.22. The lowest BCUT2D eigenvalue weighted by Gasteiger charge is -2.09. The molecule has 0 aliphatic rings. The van der Waals surface area contributed by atoms with Crippen molar-refractivity contribution in [2.24, 2.45) is 10.9 Å². The lowest BCUT2D eigenvalue weighted by atomic mass is 10.1. The third-order valence-corrected chi connectivity index (χ3v) is 3.00. The number of hydrogen-bond acceptors (Lipinski definition) is 4. The van der Waals surface area contributed by atoms with Gasteiger partial charge in [0.05, 0.1) is 17.0 Å². The number of hydrogen-bond donors (Lipinski definition) is 2. The van der Waals surface area contributed by atoms with Crippen LogP contribution in [0.1, 0.15) is 5.56 Å². The average Bonchev–Trinajstić information content (AvgIpc) is 2.15. The minimum Gasteiger partial charge on any atom is -0.496 e. The quantitative estimate of drug-likeness (QED) is 0.752. The van der Waals surface area contributed by atoms with Gasteiger partial charge in [0.1, 0.15) is 5.75 Å². The van der Waals surface area contributed by atoms with E-state index in [0.29, 0.717) is 11.3 Å². The molecule has 0 radical (unpaired) electrons. The molecule has 0 aliphatic carbocycles. The van der Waals surface area contributed by atoms with Gasteiger partial charge in [-0.15, -0.1) is 0 Å². The average molecular weight is 260 g/mol. The molecule has 0 spiro atoms. The fourth-order valence-corrected chi connectivity index (χ4v) is 1.98. The molecule has 0 fully saturated rings. The summed E-state index contributed by atoms with van der Waals surface area (Å²) < 4.78 is 27.3. The van der Waals surface area contributed by atoms with Crippen LogP contribution in [-0.4, -0.2) is 20.5 Å². The normalized spacial score (nSPS) is 11.1. The number of sulfonamides is 1. The molecule has 1 aromatic carbocycles. The van der Waals surface area contributed by atoms with Gasteiger partial charge in [-0.2, -0.15) is 0 Å². The van der Waals surface area contributed by atoms with E-state index in [1.165, 1.54) is 25.3 Å². The molecule has 5 nitrogen and oxygen atoms in total. The molecule has 1 aromatic rings. The zero-order valence-corrected chi connectivity index (χ0v) is 10.3. The highest BCUT2D eigenvalue weighted by atomic mass is 32.2. The summed E-state index contributed by atoms with van der Waals surface area (Å²) >= 11 is 4.76. The first-order chi connectivity index (χ1) is 7.34. The Balaban J connectivity index is 3.27. The van der Waals surface area contributed by atoms with E-state index in [1.807, 2.05) is 0 Å². The molecule has 0 bridgehead atoms. The zero-order valence-electron chi connectivity index (χ0n) is 8.64. The molecule has 0 saturated heterocycles. The van der Waals surface area contributed by atoms with Crippen molar-refractivity contribution in [3.8, 4) is 5.75 Å². The maximum absolute atomic E-state index is 11.1. The van der Waals surface area contributed by atoms with E-state index in [4.69, 9.17) is 27.8 Å². The maximum Gasteiger partial charge on any atom is 0.238 e. The van der Waals surface area contributed by atoms with Gasteiger partial charge in [-0.3, -0.25) is 0 Å². The number of thiocarbonyl (C=S) groups is 1. The largest absolute Gasteiger partial charge is 0.496 e. The van der Waals surface area contributed by atoms with Crippen LogP contribution in [0.2, 0.25) is 0 Å². The monoisotopic (exact) mass is 260 g/mol. The Morgan fingerprint density at radius 3 is 2.56 bits per heavy atom. The topological polar surface area (TPSA) is 95.4 Å². The Morgan fingerprint density at radius 1 is 1.50 bits per heavy atom. The molecule has 0 heterocycles. The lowest BCUT2D eigenvalue weighted by Crippen LogP contribution is -2.15. The summed E-state index contributed by atoms with van der Waals surface area (Å²) in [5.74, 6) is 0.528. The molecule has 0 amide bonds. The van der Waals surface area contributed by atoms with Crippen molar-refractivity contribution in [3.05, 3.63) is 23.8 Å². The Labute approximate surface area is 99.4 Å². The van der Waals surface area contributed by atoms with Crippen LogP contribution in [-0.2, 0) is 16.4 Å². The smallest absolute Gasteiger partial charge is 0.238 e. The third-order valence-electron chi connectivity index (χ3n) is 1.95. The van der Waals surface area contributed by atoms with Crippen molar-refractivity contribution in [3.63, 3.8) is 0 Å². The van der Waals surface area contributed by atoms with Gasteiger partial charge in [0.15, 0.2) is 0 Å². The summed E-state index contributed by atoms with van der Waals surface area (Å²) in [4.78, 5) is 0.268. The number of primary sulfonamides is 1. The second-order valence-electron chi connectivity index (χ2n) is 3.16. The Morgan fingerprint density at radius 2 is 2.12 bits per heavy atom. The van der Waals surface area contributed by atoms with Crippen molar-refractivity contribution in [2.45, 2.75) is 11.3 Å². The minimum atomic E-state index is -3.73. The van der Waals surface area contributed by atoms with Crippen molar-refractivity contribution < 1.29 is 13.2 Å². The van der Waals surface area contributed by atoms with Crippen molar-refractivity contribution >= 4 is 27.2 Å². The molecule has 7 heteroatoms. The molecule has 0 unspecified atom stereocenters. The highest BCUT2D eigenvalue weighted by molar-refractivity contribution is 7.89. The van der Waals surface area contributed by atoms with Gasteiger partial charge in [-0.25, -0.2) is 13.6 Å². The summed E-state index contributed by atoms with van der Waals surface area (Å²) in [7, 11) is -2.24. The van der Waals surface area contributed by atoms with Gasteiger partial charge in [0.25, 0.3) is 0 Å². The molecular formula is C9H12N2O3S2. The van der Waals surface area contributed by atoms with Gasteiger partial charge < -0.3 is 10.5 Å². The Kier molecular flexibility index (Phi) is 3.84. The number of rotatable bonds is 4. The molecular weight excluding hydrogens is 248 g/mol. The van der Waals surface area contributed by atoms with E-state index in [-0.39, 0.29) is 16.3 Å². The van der Waals surface area contributed by atoms with Crippen LogP contribution in [0.4, 0.5) is 0 Å². The van der Waals surface area contributed by atoms with E-state index in [1.54, 1.807) is 0 Å². The van der Waals surface area contributed by atoms with Crippen LogP contribution < -0.4 is 15.6 Å². The fraction of sp³-hybridized carbons (Fsp3) is 0.222. The summed E-state index contributed by atoms with van der Waals surface area (Å²) in [5.41, 5.74) is 6.00. The number of nitrogens with two attached hydrogens (primary N) is 2. The molecule has 0 aromatic heterocycles. The third kappa shape index (κ3) is 3.16. The molecule has 1 rings (SSSR count). The first-order valence-corrected chi connectivity index (χ1v) is 6.28. The fourth-order valence-electron chi connectivity index (χ4n) is 1.26. The van der Waals surface area contributed by atoms with E-state index in [9.17, 15) is 8.42 Å². The molecule has 16 heavy (non-hydrogen) atoms. The highest BCUT2D eigenvalue weighted by Gasteiger charge is 2.12. The zero-order chi connectivity index (χ0) is 12.3. The minimum absolute atomic E-state index is 0.0135. The lowest BCUT2D eigenvalue weighted by molar-refractivity contribution is 0.410. The Bertz CT molecular complexity index is 511. The van der Waals surface area contributed by atoms with Crippen molar-refractivity contribution in [1.82, 2.24) is 0 Å². The maximum atomic E-state index is 11.1. The summed E-state index contributed by atoms with van der Waals surface area (Å²) in [6.07, 6.45) is 0.266. The van der Waals surface area contributed by atoms with Crippen LogP contribution in [0.25, 0.3) is 0 Å². The second kappa shape index (κ2) is 4.77. The SMILES string of the molecule is COc1ccc(S(N)(=O)=O)cc1CC(N)=S. The molecule has 0 saturated carbocycles. The number of methoxy groups -OCH3 is 1. The molecule has 0 aliphatic heterocycles. The van der Waals surface area contributed by atoms with Crippen LogP contribution in [0, 0.1) is 0 Å². The van der Waals surface area contributed by atoms with E-state index in [2.05, 4.69) is 0 Å². The standard InChI is InChI=1S/C9H12N2O3S2/c1-14-8-3-2-7(16(11,12)13)4-6(8)5-9(10)15/h2-4H,5H2,1H3,(H2,10,15)(H2,11,12,13). The Hall–Kier alpha value is -1.18. The predicted molar refractivity (Wildman–Crippen MR) is 64.9 cm³/mol. The van der Waals surface area contributed by atoms with E-state index in [0.717, 1.165) is 0 Å². The molecule has 4 N–H and O–H groups in total. The van der Waals surface area contributed by atoms with E-state index >= 15 is 0 Å². The number of benzene rings is 1. The van der Waals surface area contributed by atoms with Crippen molar-refractivity contribution in [2.75, 3.05) is 7.11 Å². The van der Waals surface area contributed by atoms with Crippen LogP contribution in [0.15, 0.2) is 23.1 Å². The van der Waals surface area contributed by atoms with Gasteiger partial charge in [-0.05, 0) is 18.2 Å². The van der Waals surface area contributed by atoms with Gasteiger partial charge in [0, 0.05) is 12.0 Å². The second-order valence-corrected chi connectivity index (χ2v) is 5.25. The predicted octanol–water partition coefficient (Wildman–Crippen LogP) is 0.171. The van der Waals surface area contributed by atoms with Gasteiger partial charge in [-0.1, -0.05) is 12.2 Å². The van der Waals surface area contributed by atoms with Crippen molar-refractivity contribution in [1.29, 1.82) is 0 Å². The summed E-state index contributed by atoms with van der Waals surface area (Å²) in [6, 6.07) is 4.30. The van der Waals surface area contributed by atoms with Crippen LogP contribution in [0.3, 0.4) is 0 Å². The van der Waals surface area contributed by atoms with Crippen LogP contribution >= 0.6 is 12.2 Å². The molecule has 88 valence electrons. The first-order valence-electron chi connectivity index (χ1n) is 4.32. The summed E-state index contributed by atoms with van der Waals surface area (Å²) in [6.45, 7) is 0. The number of ether oxygens (including phenoxy) is 1. The van der Waals surface area contributed by atoms with E-state index < -0.39 is 10.0 Å². The first kappa shape index (κ1) is 12.9. The summed E-state index contributed by atoms with van der Waals surface area (Å²) in [5, 5.41) is 5.02. The van der Waals surface area contributed by atoms with Crippen LogP contribution in [0.5, 0.6) is 5.75 Å². The molecule has 0 atom stereocenters. The van der Waals surface area contributed by atoms with Gasteiger partial charge in [0.2, 0.25) is 10.0 Å². The van der Waals surface area contributed by atoms with Gasteiger partial charge >= 0.3 is 0 Å².